The lowest BCUT2D eigenvalue weighted by molar-refractivity contribution is 0.102. The normalized spacial score (nSPS) is 10.5. The van der Waals surface area contributed by atoms with Gasteiger partial charge in [-0.15, -0.1) is 16.9 Å². The van der Waals surface area contributed by atoms with Crippen LogP contribution in [-0.2, 0) is 0 Å². The average molecular weight is 346 g/mol. The molecule has 0 bridgehead atoms. The summed E-state index contributed by atoms with van der Waals surface area (Å²) >= 11 is 7.67. The number of rotatable bonds is 4. The zero-order chi connectivity index (χ0) is 16.2. The Labute approximate surface area is 141 Å². The molecule has 1 heterocycles. The van der Waals surface area contributed by atoms with Crippen LogP contribution in [0, 0.1) is 0 Å². The highest BCUT2D eigenvalue weighted by Gasteiger charge is 2.11. The number of benzene rings is 2. The molecule has 8 heteroatoms. The van der Waals surface area contributed by atoms with Gasteiger partial charge in [0, 0.05) is 10.6 Å². The maximum Gasteiger partial charge on any atom is 0.257 e. The minimum absolute atomic E-state index is 0.249. The molecule has 0 saturated carbocycles. The first-order valence-electron chi connectivity index (χ1n) is 6.65. The van der Waals surface area contributed by atoms with E-state index in [1.165, 1.54) is 11.0 Å². The third-order valence-electron chi connectivity index (χ3n) is 3.16. The van der Waals surface area contributed by atoms with Crippen LogP contribution >= 0.6 is 23.4 Å². The second kappa shape index (κ2) is 6.80. The maximum atomic E-state index is 12.4. The molecule has 0 spiro atoms. The summed E-state index contributed by atoms with van der Waals surface area (Å²) in [5, 5.41) is 14.2. The van der Waals surface area contributed by atoms with Gasteiger partial charge in [0.1, 0.15) is 6.33 Å². The lowest BCUT2D eigenvalue weighted by Crippen LogP contribution is -2.12. The number of hydrogen-bond acceptors (Lipinski definition) is 5. The molecule has 0 fully saturated rings. The minimum atomic E-state index is -0.249. The van der Waals surface area contributed by atoms with E-state index in [1.54, 1.807) is 36.0 Å². The number of carbonyl (C=O) groups excluding carboxylic acids is 1. The van der Waals surface area contributed by atoms with Crippen molar-refractivity contribution in [3.63, 3.8) is 0 Å². The highest BCUT2D eigenvalue weighted by molar-refractivity contribution is 7.98. The van der Waals surface area contributed by atoms with Gasteiger partial charge in [0.05, 0.1) is 16.3 Å². The first-order chi connectivity index (χ1) is 11.2. The SMILES string of the molecule is CSc1ccc(Cl)c(C(=O)Nc2ccc(-n3cnnn3)cc2)c1. The second-order valence-electron chi connectivity index (χ2n) is 4.60. The molecule has 0 unspecified atom stereocenters. The van der Waals surface area contributed by atoms with Crippen molar-refractivity contribution < 1.29 is 4.79 Å². The Morgan fingerprint density at radius 3 is 2.65 bits per heavy atom. The van der Waals surface area contributed by atoms with E-state index in [1.807, 2.05) is 24.5 Å². The zero-order valence-corrected chi connectivity index (χ0v) is 13.7. The van der Waals surface area contributed by atoms with Gasteiger partial charge in [-0.2, -0.15) is 0 Å². The Balaban J connectivity index is 1.78. The first kappa shape index (κ1) is 15.5. The number of aromatic nitrogens is 4. The highest BCUT2D eigenvalue weighted by Crippen LogP contribution is 2.24. The Bertz CT molecular complexity index is 820. The fourth-order valence-electron chi connectivity index (χ4n) is 1.98. The van der Waals surface area contributed by atoms with Crippen LogP contribution in [0.4, 0.5) is 5.69 Å². The molecule has 3 aromatic rings. The molecule has 1 amide bonds. The molecule has 116 valence electrons. The Kier molecular flexibility index (Phi) is 4.59. The van der Waals surface area contributed by atoms with Crippen LogP contribution in [0.1, 0.15) is 10.4 Å². The van der Waals surface area contributed by atoms with Crippen LogP contribution in [0.3, 0.4) is 0 Å². The van der Waals surface area contributed by atoms with Crippen LogP contribution in [0.5, 0.6) is 0 Å². The maximum absolute atomic E-state index is 12.4. The smallest absolute Gasteiger partial charge is 0.257 e. The van der Waals surface area contributed by atoms with Crippen LogP contribution in [-0.4, -0.2) is 32.4 Å². The number of thioether (sulfide) groups is 1. The molecule has 1 aromatic heterocycles. The molecular formula is C15H12ClN5OS. The third-order valence-corrected chi connectivity index (χ3v) is 4.21. The number of nitrogens with zero attached hydrogens (tertiary/aromatic N) is 4. The molecule has 1 N–H and O–H groups in total. The van der Waals surface area contributed by atoms with Gasteiger partial charge in [0.2, 0.25) is 0 Å². The number of carbonyl (C=O) groups is 1. The molecule has 0 radical (unpaired) electrons. The van der Waals surface area contributed by atoms with E-state index < -0.39 is 0 Å². The molecule has 6 nitrogen and oxygen atoms in total. The van der Waals surface area contributed by atoms with Crippen molar-refractivity contribution in [1.82, 2.24) is 20.2 Å². The van der Waals surface area contributed by atoms with Gasteiger partial charge in [-0.25, -0.2) is 4.68 Å². The van der Waals surface area contributed by atoms with Crippen molar-refractivity contribution in [3.05, 3.63) is 59.4 Å². The van der Waals surface area contributed by atoms with Crippen molar-refractivity contribution in [2.45, 2.75) is 4.90 Å². The summed E-state index contributed by atoms with van der Waals surface area (Å²) in [6.45, 7) is 0. The predicted octanol–water partition coefficient (Wildman–Crippen LogP) is 3.29. The topological polar surface area (TPSA) is 72.7 Å². The van der Waals surface area contributed by atoms with Crippen molar-refractivity contribution in [1.29, 1.82) is 0 Å². The van der Waals surface area contributed by atoms with E-state index >= 15 is 0 Å². The summed E-state index contributed by atoms with van der Waals surface area (Å²) in [6.07, 6.45) is 3.45. The standard InChI is InChI=1S/C15H12ClN5OS/c1-23-12-6-7-14(16)13(8-12)15(22)18-10-2-4-11(5-3-10)21-9-17-19-20-21/h2-9H,1H3,(H,18,22). The summed E-state index contributed by atoms with van der Waals surface area (Å²) in [7, 11) is 0. The van der Waals surface area contributed by atoms with Gasteiger partial charge in [-0.05, 0) is 59.1 Å². The molecule has 3 rings (SSSR count). The van der Waals surface area contributed by atoms with E-state index in [-0.39, 0.29) is 5.91 Å². The second-order valence-corrected chi connectivity index (χ2v) is 5.89. The number of hydrogen-bond donors (Lipinski definition) is 1. The largest absolute Gasteiger partial charge is 0.322 e. The highest BCUT2D eigenvalue weighted by atomic mass is 35.5. The Hall–Kier alpha value is -2.38. The van der Waals surface area contributed by atoms with Crippen LogP contribution in [0.15, 0.2) is 53.7 Å². The molecule has 0 saturated heterocycles. The van der Waals surface area contributed by atoms with Gasteiger partial charge >= 0.3 is 0 Å². The number of amides is 1. The summed E-state index contributed by atoms with van der Waals surface area (Å²) in [5.41, 5.74) is 1.91. The molecular weight excluding hydrogens is 334 g/mol. The zero-order valence-electron chi connectivity index (χ0n) is 12.1. The minimum Gasteiger partial charge on any atom is -0.322 e. The number of tetrazole rings is 1. The fraction of sp³-hybridized carbons (Fsp3) is 0.0667. The summed E-state index contributed by atoms with van der Waals surface area (Å²) in [4.78, 5) is 13.4. The molecule has 0 aliphatic carbocycles. The van der Waals surface area contributed by atoms with E-state index in [0.717, 1.165) is 10.6 Å². The van der Waals surface area contributed by atoms with Crippen LogP contribution < -0.4 is 5.32 Å². The van der Waals surface area contributed by atoms with Gasteiger partial charge in [-0.1, -0.05) is 11.6 Å². The predicted molar refractivity (Wildman–Crippen MR) is 90.3 cm³/mol. The molecule has 23 heavy (non-hydrogen) atoms. The number of halogens is 1. The lowest BCUT2D eigenvalue weighted by atomic mass is 10.2. The van der Waals surface area contributed by atoms with Crippen LogP contribution in [0.2, 0.25) is 5.02 Å². The average Bonchev–Trinajstić information content (AvgIpc) is 3.10. The van der Waals surface area contributed by atoms with Gasteiger partial charge in [0.25, 0.3) is 5.91 Å². The first-order valence-corrected chi connectivity index (χ1v) is 8.26. The Morgan fingerprint density at radius 2 is 2.00 bits per heavy atom. The van der Waals surface area contributed by atoms with Crippen LogP contribution in [0.25, 0.3) is 5.69 Å². The van der Waals surface area contributed by atoms with Gasteiger partial charge in [0.15, 0.2) is 0 Å². The molecule has 0 atom stereocenters. The number of anilines is 1. The van der Waals surface area contributed by atoms with Crippen molar-refractivity contribution in [2.75, 3.05) is 11.6 Å². The van der Waals surface area contributed by atoms with Crippen molar-refractivity contribution >= 4 is 35.0 Å². The Morgan fingerprint density at radius 1 is 1.22 bits per heavy atom. The summed E-state index contributed by atoms with van der Waals surface area (Å²) < 4.78 is 1.53. The third kappa shape index (κ3) is 3.52. The molecule has 0 aliphatic rings. The summed E-state index contributed by atoms with van der Waals surface area (Å²) in [6, 6.07) is 12.6. The van der Waals surface area contributed by atoms with Crippen molar-refractivity contribution in [3.8, 4) is 5.69 Å². The quantitative estimate of drug-likeness (QED) is 0.734. The van der Waals surface area contributed by atoms with Gasteiger partial charge < -0.3 is 5.32 Å². The van der Waals surface area contributed by atoms with E-state index in [4.69, 9.17) is 11.6 Å². The summed E-state index contributed by atoms with van der Waals surface area (Å²) in [5.74, 6) is -0.249. The van der Waals surface area contributed by atoms with Crippen molar-refractivity contribution in [2.24, 2.45) is 0 Å². The lowest BCUT2D eigenvalue weighted by Gasteiger charge is -2.09. The van der Waals surface area contributed by atoms with E-state index in [9.17, 15) is 4.79 Å². The van der Waals surface area contributed by atoms with E-state index in [2.05, 4.69) is 20.8 Å². The number of nitrogens with one attached hydrogen (secondary N) is 1. The van der Waals surface area contributed by atoms with Gasteiger partial charge in [-0.3, -0.25) is 4.79 Å². The fourth-order valence-corrected chi connectivity index (χ4v) is 2.62. The molecule has 0 aliphatic heterocycles. The van der Waals surface area contributed by atoms with E-state index in [0.29, 0.717) is 16.3 Å². The monoisotopic (exact) mass is 345 g/mol. The molecule has 2 aromatic carbocycles.